The first-order valence-corrected chi connectivity index (χ1v) is 7.82. The predicted octanol–water partition coefficient (Wildman–Crippen LogP) is 2.33. The van der Waals surface area contributed by atoms with E-state index < -0.39 is 0 Å². The lowest BCUT2D eigenvalue weighted by Gasteiger charge is -2.22. The van der Waals surface area contributed by atoms with Gasteiger partial charge in [0.05, 0.1) is 29.7 Å². The van der Waals surface area contributed by atoms with Gasteiger partial charge >= 0.3 is 0 Å². The highest BCUT2D eigenvalue weighted by molar-refractivity contribution is 6.33. The fourth-order valence-electron chi connectivity index (χ4n) is 2.45. The van der Waals surface area contributed by atoms with E-state index in [4.69, 9.17) is 21.1 Å². The van der Waals surface area contributed by atoms with Crippen molar-refractivity contribution in [1.29, 1.82) is 0 Å². The van der Waals surface area contributed by atoms with Gasteiger partial charge in [0.25, 0.3) is 5.91 Å². The molecule has 1 atom stereocenters. The van der Waals surface area contributed by atoms with Crippen LogP contribution in [0.2, 0.25) is 5.15 Å². The molecule has 23 heavy (non-hydrogen) atoms. The molecule has 0 unspecified atom stereocenters. The number of benzene rings is 1. The molecule has 122 valence electrons. The zero-order chi connectivity index (χ0) is 16.2. The lowest BCUT2D eigenvalue weighted by atomic mass is 10.2. The molecule has 6 nitrogen and oxygen atoms in total. The van der Waals surface area contributed by atoms with E-state index in [0.29, 0.717) is 29.6 Å². The zero-order valence-corrected chi connectivity index (χ0v) is 13.5. The van der Waals surface area contributed by atoms with Gasteiger partial charge in [-0.05, 0) is 25.5 Å². The fraction of sp³-hybridized carbons (Fsp3) is 0.375. The van der Waals surface area contributed by atoms with Crippen molar-refractivity contribution in [3.8, 4) is 5.69 Å². The molecule has 1 N–H and O–H groups in total. The number of ether oxygens (including phenoxy) is 2. The summed E-state index contributed by atoms with van der Waals surface area (Å²) in [5.41, 5.74) is 1.79. The summed E-state index contributed by atoms with van der Waals surface area (Å²) in [6.07, 6.45) is 0.729. The number of nitrogens with zero attached hydrogens (tertiary/aromatic N) is 2. The van der Waals surface area contributed by atoms with Crippen LogP contribution < -0.4 is 5.32 Å². The summed E-state index contributed by atoms with van der Waals surface area (Å²) in [4.78, 5) is 12.4. The lowest BCUT2D eigenvalue weighted by Crippen LogP contribution is -2.37. The molecule has 0 aliphatic carbocycles. The van der Waals surface area contributed by atoms with Gasteiger partial charge in [-0.1, -0.05) is 29.8 Å². The Bertz CT molecular complexity index is 681. The topological polar surface area (TPSA) is 65.4 Å². The minimum atomic E-state index is -0.246. The number of rotatable bonds is 4. The van der Waals surface area contributed by atoms with Crippen LogP contribution in [-0.2, 0) is 9.47 Å². The smallest absolute Gasteiger partial charge is 0.256 e. The molecule has 2 heterocycles. The van der Waals surface area contributed by atoms with E-state index in [1.807, 2.05) is 30.3 Å². The number of nitrogens with one attached hydrogen (secondary N) is 1. The van der Waals surface area contributed by atoms with Gasteiger partial charge < -0.3 is 14.8 Å². The molecule has 0 bridgehead atoms. The van der Waals surface area contributed by atoms with Crippen LogP contribution in [0.25, 0.3) is 5.69 Å². The molecule has 7 heteroatoms. The van der Waals surface area contributed by atoms with Crippen molar-refractivity contribution in [2.75, 3.05) is 19.9 Å². The highest BCUT2D eigenvalue weighted by atomic mass is 35.5. The van der Waals surface area contributed by atoms with Gasteiger partial charge in [-0.25, -0.2) is 4.68 Å². The molecule has 3 rings (SSSR count). The Morgan fingerprint density at radius 1 is 1.43 bits per heavy atom. The Morgan fingerprint density at radius 2 is 2.22 bits per heavy atom. The summed E-state index contributed by atoms with van der Waals surface area (Å²) in [6.45, 7) is 3.11. The quantitative estimate of drug-likeness (QED) is 0.931. The van der Waals surface area contributed by atoms with Gasteiger partial charge in [-0.3, -0.25) is 4.79 Å². The first-order chi connectivity index (χ1) is 11.2. The number of hydrogen-bond acceptors (Lipinski definition) is 4. The van der Waals surface area contributed by atoms with Crippen LogP contribution in [0.3, 0.4) is 0 Å². The molecule has 2 aromatic rings. The average Bonchev–Trinajstić information content (AvgIpc) is 2.89. The maximum Gasteiger partial charge on any atom is 0.256 e. The van der Waals surface area contributed by atoms with E-state index in [1.54, 1.807) is 11.6 Å². The summed E-state index contributed by atoms with van der Waals surface area (Å²) >= 11 is 6.37. The molecule has 1 aromatic heterocycles. The molecule has 1 aromatic carbocycles. The highest BCUT2D eigenvalue weighted by Crippen LogP contribution is 2.23. The summed E-state index contributed by atoms with van der Waals surface area (Å²) in [5, 5.41) is 7.53. The van der Waals surface area contributed by atoms with Gasteiger partial charge in [0.1, 0.15) is 11.9 Å². The number of halogens is 1. The maximum atomic E-state index is 12.4. The number of carbonyl (C=O) groups is 1. The second kappa shape index (κ2) is 7.12. The van der Waals surface area contributed by atoms with E-state index in [1.165, 1.54) is 0 Å². The van der Waals surface area contributed by atoms with Crippen molar-refractivity contribution in [3.63, 3.8) is 0 Å². The van der Waals surface area contributed by atoms with Crippen molar-refractivity contribution < 1.29 is 14.3 Å². The van der Waals surface area contributed by atoms with Crippen molar-refractivity contribution in [2.45, 2.75) is 19.4 Å². The van der Waals surface area contributed by atoms with Crippen molar-refractivity contribution in [1.82, 2.24) is 15.1 Å². The highest BCUT2D eigenvalue weighted by Gasteiger charge is 2.22. The molecule has 1 aliphatic rings. The lowest BCUT2D eigenvalue weighted by molar-refractivity contribution is -0.136. The number of para-hydroxylation sites is 1. The van der Waals surface area contributed by atoms with Crippen LogP contribution in [-0.4, -0.2) is 41.7 Å². The number of hydrogen-bond donors (Lipinski definition) is 1. The van der Waals surface area contributed by atoms with Gasteiger partial charge in [0, 0.05) is 6.54 Å². The second-order valence-corrected chi connectivity index (χ2v) is 5.67. The Morgan fingerprint density at radius 3 is 2.91 bits per heavy atom. The summed E-state index contributed by atoms with van der Waals surface area (Å²) in [5.74, 6) is -0.246. The van der Waals surface area contributed by atoms with Crippen molar-refractivity contribution in [2.24, 2.45) is 0 Å². The van der Waals surface area contributed by atoms with Crippen LogP contribution in [0.4, 0.5) is 0 Å². The fourth-order valence-corrected chi connectivity index (χ4v) is 2.81. The Kier molecular flexibility index (Phi) is 4.95. The van der Waals surface area contributed by atoms with E-state index in [-0.39, 0.29) is 18.8 Å². The molecular weight excluding hydrogens is 318 g/mol. The van der Waals surface area contributed by atoms with E-state index in [9.17, 15) is 4.79 Å². The molecule has 0 radical (unpaired) electrons. The van der Waals surface area contributed by atoms with E-state index in [2.05, 4.69) is 10.4 Å². The first kappa shape index (κ1) is 16.0. The summed E-state index contributed by atoms with van der Waals surface area (Å²) in [7, 11) is 0. The van der Waals surface area contributed by atoms with Gasteiger partial charge in [0.2, 0.25) is 0 Å². The normalized spacial score (nSPS) is 17.9. The Balaban J connectivity index is 1.74. The number of aryl methyl sites for hydroxylation is 1. The Hall–Kier alpha value is -1.89. The summed E-state index contributed by atoms with van der Waals surface area (Å²) < 4.78 is 12.1. The molecule has 0 spiro atoms. The zero-order valence-electron chi connectivity index (χ0n) is 12.8. The van der Waals surface area contributed by atoms with Crippen LogP contribution in [0.1, 0.15) is 22.5 Å². The van der Waals surface area contributed by atoms with Crippen LogP contribution in [0.15, 0.2) is 30.3 Å². The minimum absolute atomic E-state index is 0.0315. The molecular formula is C16H18ClN3O3. The SMILES string of the molecule is Cc1nn(-c2ccccc2)c(Cl)c1C(=O)NC[C@@H]1CCOCO1. The average molecular weight is 336 g/mol. The predicted molar refractivity (Wildman–Crippen MR) is 86.0 cm³/mol. The van der Waals surface area contributed by atoms with Gasteiger partial charge in [0.15, 0.2) is 0 Å². The number of carbonyl (C=O) groups excluding carboxylic acids is 1. The maximum absolute atomic E-state index is 12.4. The van der Waals surface area contributed by atoms with Crippen molar-refractivity contribution in [3.05, 3.63) is 46.7 Å². The summed E-state index contributed by atoms with van der Waals surface area (Å²) in [6, 6.07) is 9.47. The van der Waals surface area contributed by atoms with E-state index >= 15 is 0 Å². The second-order valence-electron chi connectivity index (χ2n) is 5.31. The Labute approximate surface area is 139 Å². The molecule has 1 saturated heterocycles. The third-order valence-electron chi connectivity index (χ3n) is 3.69. The molecule has 1 aliphatic heterocycles. The number of aromatic nitrogens is 2. The largest absolute Gasteiger partial charge is 0.355 e. The minimum Gasteiger partial charge on any atom is -0.355 e. The van der Waals surface area contributed by atoms with E-state index in [0.717, 1.165) is 12.1 Å². The molecule has 1 fully saturated rings. The van der Waals surface area contributed by atoms with Crippen LogP contribution in [0.5, 0.6) is 0 Å². The third kappa shape index (κ3) is 3.55. The van der Waals surface area contributed by atoms with Crippen LogP contribution >= 0.6 is 11.6 Å². The first-order valence-electron chi connectivity index (χ1n) is 7.45. The van der Waals surface area contributed by atoms with Gasteiger partial charge in [-0.2, -0.15) is 5.10 Å². The van der Waals surface area contributed by atoms with Gasteiger partial charge in [-0.15, -0.1) is 0 Å². The molecule has 1 amide bonds. The monoisotopic (exact) mass is 335 g/mol. The number of amides is 1. The third-order valence-corrected chi connectivity index (χ3v) is 4.04. The molecule has 0 saturated carbocycles. The standard InChI is InChI=1S/C16H18ClN3O3/c1-11-14(16(21)18-9-13-7-8-22-10-23-13)15(17)20(19-11)12-5-3-2-4-6-12/h2-6,13H,7-10H2,1H3,(H,18,21)/t13-/m0/s1. The van der Waals surface area contributed by atoms with Crippen LogP contribution in [0, 0.1) is 6.92 Å². The van der Waals surface area contributed by atoms with Crippen molar-refractivity contribution >= 4 is 17.5 Å².